The summed E-state index contributed by atoms with van der Waals surface area (Å²) >= 11 is 0. The van der Waals surface area contributed by atoms with Crippen molar-refractivity contribution in [2.24, 2.45) is 0 Å². The van der Waals surface area contributed by atoms with Crippen LogP contribution in [0.2, 0.25) is 0 Å². The number of fused-ring (bicyclic) bond motifs is 1. The molecule has 2 heterocycles. The van der Waals surface area contributed by atoms with Crippen molar-refractivity contribution >= 4 is 0 Å². The van der Waals surface area contributed by atoms with E-state index in [9.17, 15) is 5.11 Å². The summed E-state index contributed by atoms with van der Waals surface area (Å²) < 4.78 is 15.3. The normalized spacial score (nSPS) is 51.8. The molecule has 0 radical (unpaired) electrons. The molecule has 2 rings (SSSR count). The number of hydrogen-bond acceptors (Lipinski definition) is 5. The summed E-state index contributed by atoms with van der Waals surface area (Å²) in [7, 11) is 1.51. The predicted octanol–water partition coefficient (Wildman–Crippen LogP) is -1.52. The van der Waals surface area contributed by atoms with E-state index in [1.807, 2.05) is 0 Å². The summed E-state index contributed by atoms with van der Waals surface area (Å²) in [6, 6.07) is 0. The Morgan fingerprint density at radius 2 is 2.08 bits per heavy atom. The Balaban J connectivity index is 2.01. The molecule has 12 heavy (non-hydrogen) atoms. The van der Waals surface area contributed by atoms with Crippen molar-refractivity contribution in [3.63, 3.8) is 0 Å². The second-order valence-corrected chi connectivity index (χ2v) is 3.02. The number of ether oxygens (including phenoxy) is 3. The van der Waals surface area contributed by atoms with Crippen LogP contribution < -0.4 is 0 Å². The average molecular weight is 176 g/mol. The quantitative estimate of drug-likeness (QED) is 0.500. The van der Waals surface area contributed by atoms with Gasteiger partial charge >= 0.3 is 0 Å². The fourth-order valence-corrected chi connectivity index (χ4v) is 1.51. The molecule has 0 spiro atoms. The van der Waals surface area contributed by atoms with Gasteiger partial charge in [0.15, 0.2) is 6.29 Å². The van der Waals surface area contributed by atoms with Crippen LogP contribution in [-0.4, -0.2) is 54.6 Å². The van der Waals surface area contributed by atoms with E-state index < -0.39 is 18.5 Å². The zero-order valence-electron chi connectivity index (χ0n) is 6.71. The lowest BCUT2D eigenvalue weighted by atomic mass is 10.1. The standard InChI is InChI=1S/C7H12O5/c1-10-7-6-5(12-6)4(9)3(2-8)11-7/h3-9H,2H2,1H3/t3-,4+,5+,6+,7+/m1/s1. The third-order valence-electron chi connectivity index (χ3n) is 2.27. The van der Waals surface area contributed by atoms with E-state index in [0.29, 0.717) is 0 Å². The van der Waals surface area contributed by atoms with Crippen LogP contribution in [0.25, 0.3) is 0 Å². The Kier molecular flexibility index (Phi) is 2.05. The number of aliphatic hydroxyl groups excluding tert-OH is 2. The van der Waals surface area contributed by atoms with Crippen molar-refractivity contribution in [1.29, 1.82) is 0 Å². The highest BCUT2D eigenvalue weighted by atomic mass is 16.7. The van der Waals surface area contributed by atoms with Gasteiger partial charge < -0.3 is 24.4 Å². The number of aliphatic hydroxyl groups is 2. The molecule has 0 aromatic rings. The molecule has 0 aromatic heterocycles. The number of rotatable bonds is 2. The van der Waals surface area contributed by atoms with Crippen molar-refractivity contribution in [3.8, 4) is 0 Å². The van der Waals surface area contributed by atoms with E-state index in [1.165, 1.54) is 7.11 Å². The molecule has 5 nitrogen and oxygen atoms in total. The summed E-state index contributed by atoms with van der Waals surface area (Å²) in [5, 5.41) is 18.2. The molecule has 2 fully saturated rings. The van der Waals surface area contributed by atoms with Gasteiger partial charge in [-0.1, -0.05) is 0 Å². The molecule has 2 aliphatic rings. The van der Waals surface area contributed by atoms with E-state index in [4.69, 9.17) is 19.3 Å². The Labute approximate surface area is 69.8 Å². The molecule has 0 saturated carbocycles. The number of hydrogen-bond donors (Lipinski definition) is 2. The highest BCUT2D eigenvalue weighted by Gasteiger charge is 2.57. The van der Waals surface area contributed by atoms with Crippen LogP contribution in [0.15, 0.2) is 0 Å². The van der Waals surface area contributed by atoms with Gasteiger partial charge in [0.2, 0.25) is 0 Å². The molecule has 0 bridgehead atoms. The minimum absolute atomic E-state index is 0.159. The van der Waals surface area contributed by atoms with E-state index in [-0.39, 0.29) is 18.8 Å². The maximum atomic E-state index is 9.43. The van der Waals surface area contributed by atoms with E-state index in [1.54, 1.807) is 0 Å². The largest absolute Gasteiger partial charge is 0.394 e. The number of methoxy groups -OCH3 is 1. The Morgan fingerprint density at radius 1 is 1.33 bits per heavy atom. The molecule has 2 N–H and O–H groups in total. The summed E-state index contributed by atoms with van der Waals surface area (Å²) in [6.45, 7) is -0.215. The monoisotopic (exact) mass is 176 g/mol. The molecule has 5 heteroatoms. The fourth-order valence-electron chi connectivity index (χ4n) is 1.51. The first-order chi connectivity index (χ1) is 5.77. The van der Waals surface area contributed by atoms with Gasteiger partial charge in [0, 0.05) is 7.11 Å². The van der Waals surface area contributed by atoms with Crippen LogP contribution >= 0.6 is 0 Å². The smallest absolute Gasteiger partial charge is 0.186 e. The highest BCUT2D eigenvalue weighted by molar-refractivity contribution is 5.00. The van der Waals surface area contributed by atoms with Crippen LogP contribution in [0.3, 0.4) is 0 Å². The van der Waals surface area contributed by atoms with Crippen LogP contribution in [0.5, 0.6) is 0 Å². The topological polar surface area (TPSA) is 71.5 Å². The lowest BCUT2D eigenvalue weighted by Gasteiger charge is -2.28. The lowest BCUT2D eigenvalue weighted by molar-refractivity contribution is -0.207. The van der Waals surface area contributed by atoms with Gasteiger partial charge in [-0.25, -0.2) is 0 Å². The minimum atomic E-state index is -0.730. The van der Waals surface area contributed by atoms with Gasteiger partial charge in [-0.05, 0) is 0 Å². The molecule has 0 unspecified atom stereocenters. The SMILES string of the molecule is CO[C@H]1O[C@H](CO)[C@H](O)[C@@H]2O[C@H]12. The van der Waals surface area contributed by atoms with Gasteiger partial charge in [-0.3, -0.25) is 0 Å². The minimum Gasteiger partial charge on any atom is -0.394 e. The molecular formula is C7H12O5. The Morgan fingerprint density at radius 3 is 2.67 bits per heavy atom. The molecule has 0 aliphatic carbocycles. The Bertz CT molecular complexity index is 173. The van der Waals surface area contributed by atoms with E-state index in [2.05, 4.69) is 0 Å². The molecule has 2 aliphatic heterocycles. The van der Waals surface area contributed by atoms with Gasteiger partial charge in [0.1, 0.15) is 24.4 Å². The lowest BCUT2D eigenvalue weighted by Crippen LogP contribution is -2.47. The van der Waals surface area contributed by atoms with Crippen LogP contribution in [0, 0.1) is 0 Å². The zero-order chi connectivity index (χ0) is 8.72. The first-order valence-electron chi connectivity index (χ1n) is 3.90. The summed E-state index contributed by atoms with van der Waals surface area (Å²) in [5.74, 6) is 0. The first kappa shape index (κ1) is 8.40. The number of epoxide rings is 1. The van der Waals surface area contributed by atoms with E-state index >= 15 is 0 Å². The molecule has 70 valence electrons. The summed E-state index contributed by atoms with van der Waals surface area (Å²) in [4.78, 5) is 0. The van der Waals surface area contributed by atoms with Gasteiger partial charge in [0.05, 0.1) is 6.61 Å². The first-order valence-corrected chi connectivity index (χ1v) is 3.90. The second-order valence-electron chi connectivity index (χ2n) is 3.02. The molecular weight excluding hydrogens is 164 g/mol. The molecule has 2 saturated heterocycles. The van der Waals surface area contributed by atoms with Crippen molar-refractivity contribution in [2.45, 2.75) is 30.7 Å². The fraction of sp³-hybridized carbons (Fsp3) is 1.00. The summed E-state index contributed by atoms with van der Waals surface area (Å²) in [5.41, 5.74) is 0. The highest BCUT2D eigenvalue weighted by Crippen LogP contribution is 2.37. The maximum Gasteiger partial charge on any atom is 0.186 e. The third-order valence-corrected chi connectivity index (χ3v) is 2.27. The Hall–Kier alpha value is -0.200. The molecule has 0 aromatic carbocycles. The molecule has 0 amide bonds. The van der Waals surface area contributed by atoms with Gasteiger partial charge in [0.25, 0.3) is 0 Å². The second kappa shape index (κ2) is 2.93. The van der Waals surface area contributed by atoms with Crippen LogP contribution in [-0.2, 0) is 14.2 Å². The van der Waals surface area contributed by atoms with Crippen molar-refractivity contribution in [2.75, 3.05) is 13.7 Å². The third kappa shape index (κ3) is 1.14. The van der Waals surface area contributed by atoms with Crippen LogP contribution in [0.4, 0.5) is 0 Å². The average Bonchev–Trinajstić information content (AvgIpc) is 2.85. The van der Waals surface area contributed by atoms with Crippen molar-refractivity contribution in [3.05, 3.63) is 0 Å². The summed E-state index contributed by atoms with van der Waals surface area (Å²) in [6.07, 6.45) is -2.14. The van der Waals surface area contributed by atoms with Crippen molar-refractivity contribution < 1.29 is 24.4 Å². The van der Waals surface area contributed by atoms with Crippen molar-refractivity contribution in [1.82, 2.24) is 0 Å². The predicted molar refractivity (Wildman–Crippen MR) is 37.4 cm³/mol. The van der Waals surface area contributed by atoms with Gasteiger partial charge in [-0.2, -0.15) is 0 Å². The zero-order valence-corrected chi connectivity index (χ0v) is 6.71. The van der Waals surface area contributed by atoms with Crippen LogP contribution in [0.1, 0.15) is 0 Å². The molecule has 5 atom stereocenters. The van der Waals surface area contributed by atoms with Gasteiger partial charge in [-0.15, -0.1) is 0 Å². The van der Waals surface area contributed by atoms with E-state index in [0.717, 1.165) is 0 Å². The maximum absolute atomic E-state index is 9.43.